The van der Waals surface area contributed by atoms with E-state index in [2.05, 4.69) is 19.2 Å². The molecule has 32 heavy (non-hydrogen) atoms. The molecule has 0 aromatic heterocycles. The molecule has 0 saturated carbocycles. The van der Waals surface area contributed by atoms with Crippen LogP contribution >= 0.6 is 0 Å². The van der Waals surface area contributed by atoms with E-state index >= 15 is 0 Å². The number of piperidine rings is 1. The summed E-state index contributed by atoms with van der Waals surface area (Å²) in [6.07, 6.45) is 3.31. The van der Waals surface area contributed by atoms with Crippen molar-refractivity contribution in [1.82, 2.24) is 10.2 Å². The fourth-order valence-electron chi connectivity index (χ4n) is 4.12. The molecule has 1 aliphatic heterocycles. The molecule has 7 nitrogen and oxygen atoms in total. The van der Waals surface area contributed by atoms with Crippen molar-refractivity contribution in [3.8, 4) is 5.75 Å². The second kappa shape index (κ2) is 13.4. The first-order valence-electron chi connectivity index (χ1n) is 11.8. The number of nitrogens with one attached hydrogen (secondary N) is 1. The van der Waals surface area contributed by atoms with Gasteiger partial charge in [0.2, 0.25) is 0 Å². The van der Waals surface area contributed by atoms with Gasteiger partial charge in [0.05, 0.1) is 19.1 Å². The average molecular weight is 449 g/mol. The summed E-state index contributed by atoms with van der Waals surface area (Å²) in [4.78, 5) is 27.6. The molecule has 1 saturated heterocycles. The number of esters is 1. The minimum absolute atomic E-state index is 0.0143. The Kier molecular flexibility index (Phi) is 11.0. The number of benzene rings is 1. The molecule has 1 amide bonds. The van der Waals surface area contributed by atoms with Crippen LogP contribution in [0.1, 0.15) is 62.9 Å². The third-order valence-corrected chi connectivity index (χ3v) is 5.73. The van der Waals surface area contributed by atoms with Gasteiger partial charge in [-0.25, -0.2) is 0 Å². The van der Waals surface area contributed by atoms with Crippen LogP contribution in [0.5, 0.6) is 5.75 Å². The Hall–Kier alpha value is -2.12. The molecule has 1 N–H and O–H groups in total. The molecule has 1 unspecified atom stereocenters. The van der Waals surface area contributed by atoms with Crippen LogP contribution in [0, 0.1) is 5.92 Å². The zero-order valence-corrected chi connectivity index (χ0v) is 20.3. The van der Waals surface area contributed by atoms with Gasteiger partial charge in [0.25, 0.3) is 5.91 Å². The largest absolute Gasteiger partial charge is 0.493 e. The Bertz CT molecular complexity index is 731. The minimum Gasteiger partial charge on any atom is -0.493 e. The van der Waals surface area contributed by atoms with Gasteiger partial charge in [-0.1, -0.05) is 13.0 Å². The molecule has 0 bridgehead atoms. The molecule has 1 aliphatic rings. The highest BCUT2D eigenvalue weighted by Gasteiger charge is 2.29. The van der Waals surface area contributed by atoms with Crippen molar-refractivity contribution < 1.29 is 23.8 Å². The Morgan fingerprint density at radius 3 is 2.62 bits per heavy atom. The molecule has 1 fully saturated rings. The third kappa shape index (κ3) is 7.48. The first-order valence-corrected chi connectivity index (χ1v) is 11.8. The molecule has 7 heteroatoms. The topological polar surface area (TPSA) is 77.1 Å². The van der Waals surface area contributed by atoms with Gasteiger partial charge >= 0.3 is 5.97 Å². The van der Waals surface area contributed by atoms with Crippen LogP contribution in [-0.4, -0.2) is 68.9 Å². The van der Waals surface area contributed by atoms with E-state index in [1.807, 2.05) is 30.0 Å². The summed E-state index contributed by atoms with van der Waals surface area (Å²) in [5.74, 6) is 0.140. The first kappa shape index (κ1) is 26.1. The maximum Gasteiger partial charge on any atom is 0.308 e. The minimum atomic E-state index is -0.293. The van der Waals surface area contributed by atoms with Crippen LogP contribution in [0.15, 0.2) is 18.2 Å². The summed E-state index contributed by atoms with van der Waals surface area (Å²) in [5.41, 5.74) is 1.51. The Morgan fingerprint density at radius 2 is 2.00 bits per heavy atom. The number of hydrogen-bond donors (Lipinski definition) is 1. The van der Waals surface area contributed by atoms with Gasteiger partial charge in [0, 0.05) is 44.3 Å². The fraction of sp³-hybridized carbons (Fsp3) is 0.680. The molecule has 2 rings (SSSR count). The van der Waals surface area contributed by atoms with Crippen LogP contribution in [0.3, 0.4) is 0 Å². The highest BCUT2D eigenvalue weighted by molar-refractivity contribution is 5.95. The number of carbonyl (C=O) groups is 2. The lowest BCUT2D eigenvalue weighted by molar-refractivity contribution is -0.147. The summed E-state index contributed by atoms with van der Waals surface area (Å²) in [7, 11) is 1.66. The summed E-state index contributed by atoms with van der Waals surface area (Å²) < 4.78 is 16.3. The van der Waals surface area contributed by atoms with Crippen molar-refractivity contribution in [1.29, 1.82) is 0 Å². The maximum atomic E-state index is 13.5. The second-order valence-corrected chi connectivity index (χ2v) is 8.68. The Balaban J connectivity index is 2.25. The summed E-state index contributed by atoms with van der Waals surface area (Å²) >= 11 is 0. The number of hydrogen-bond acceptors (Lipinski definition) is 6. The Morgan fingerprint density at radius 1 is 1.22 bits per heavy atom. The molecular weight excluding hydrogens is 408 g/mol. The molecule has 2 atom stereocenters. The summed E-state index contributed by atoms with van der Waals surface area (Å²) in [6, 6.07) is 5.87. The molecule has 0 aliphatic carbocycles. The lowest BCUT2D eigenvalue weighted by Gasteiger charge is -2.37. The predicted molar refractivity (Wildman–Crippen MR) is 125 cm³/mol. The molecule has 1 heterocycles. The molecular formula is C25H40N2O5. The lowest BCUT2D eigenvalue weighted by Crippen LogP contribution is -2.51. The standard InChI is InChI=1S/C25H40N2O5/c1-6-31-25(29)19(4)15-20-10-11-21(16-23(20)32-14-8-13-30-5)24(28)27(18(2)3)22-9-7-12-26-17-22/h10-11,16,18-19,22,26H,6-9,12-15,17H2,1-5H3/t19?,22-/m1/s1. The first-order chi connectivity index (χ1) is 15.4. The van der Waals surface area contributed by atoms with Gasteiger partial charge in [-0.05, 0) is 64.3 Å². The number of carbonyl (C=O) groups excluding carboxylic acids is 2. The van der Waals surface area contributed by atoms with E-state index in [4.69, 9.17) is 14.2 Å². The van der Waals surface area contributed by atoms with Gasteiger partial charge in [-0.3, -0.25) is 9.59 Å². The number of nitrogens with zero attached hydrogens (tertiary/aromatic N) is 1. The quantitative estimate of drug-likeness (QED) is 0.390. The van der Waals surface area contributed by atoms with Crippen molar-refractivity contribution in [2.24, 2.45) is 5.92 Å². The van der Waals surface area contributed by atoms with Gasteiger partial charge in [0.1, 0.15) is 5.75 Å². The van der Waals surface area contributed by atoms with Crippen molar-refractivity contribution in [3.05, 3.63) is 29.3 Å². The number of rotatable bonds is 12. The molecule has 1 aromatic carbocycles. The number of amides is 1. The van der Waals surface area contributed by atoms with Crippen LogP contribution < -0.4 is 10.1 Å². The maximum absolute atomic E-state index is 13.5. The zero-order chi connectivity index (χ0) is 23.5. The molecule has 1 aromatic rings. The highest BCUT2D eigenvalue weighted by Crippen LogP contribution is 2.26. The van der Waals surface area contributed by atoms with Gasteiger partial charge < -0.3 is 24.4 Å². The van der Waals surface area contributed by atoms with Crippen molar-refractivity contribution >= 4 is 11.9 Å². The molecule has 0 spiro atoms. The van der Waals surface area contributed by atoms with Crippen molar-refractivity contribution in [2.45, 2.75) is 65.5 Å². The normalized spacial score (nSPS) is 17.1. The smallest absolute Gasteiger partial charge is 0.308 e. The summed E-state index contributed by atoms with van der Waals surface area (Å²) in [5, 5.41) is 3.41. The van der Waals surface area contributed by atoms with E-state index in [-0.39, 0.29) is 29.9 Å². The van der Waals surface area contributed by atoms with Crippen molar-refractivity contribution in [2.75, 3.05) is 40.0 Å². The predicted octanol–water partition coefficient (Wildman–Crippen LogP) is 3.45. The van der Waals surface area contributed by atoms with E-state index in [9.17, 15) is 9.59 Å². The van der Waals surface area contributed by atoms with Crippen LogP contribution in [0.25, 0.3) is 0 Å². The van der Waals surface area contributed by atoms with Crippen LogP contribution in [-0.2, 0) is 20.7 Å². The highest BCUT2D eigenvalue weighted by atomic mass is 16.5. The van der Waals surface area contributed by atoms with Crippen molar-refractivity contribution in [3.63, 3.8) is 0 Å². The monoisotopic (exact) mass is 448 g/mol. The van der Waals surface area contributed by atoms with E-state index in [0.717, 1.165) is 37.9 Å². The Labute approximate surface area is 192 Å². The molecule has 0 radical (unpaired) electrons. The van der Waals surface area contributed by atoms with E-state index < -0.39 is 0 Å². The lowest BCUT2D eigenvalue weighted by atomic mass is 9.97. The van der Waals surface area contributed by atoms with Gasteiger partial charge in [0.15, 0.2) is 0 Å². The van der Waals surface area contributed by atoms with E-state index in [1.54, 1.807) is 14.0 Å². The van der Waals surface area contributed by atoms with E-state index in [1.165, 1.54) is 0 Å². The summed E-state index contributed by atoms with van der Waals surface area (Å²) in [6.45, 7) is 11.0. The fourth-order valence-corrected chi connectivity index (χ4v) is 4.12. The second-order valence-electron chi connectivity index (χ2n) is 8.68. The van der Waals surface area contributed by atoms with E-state index in [0.29, 0.717) is 37.6 Å². The van der Waals surface area contributed by atoms with Gasteiger partial charge in [-0.15, -0.1) is 0 Å². The average Bonchev–Trinajstić information content (AvgIpc) is 2.78. The van der Waals surface area contributed by atoms with Crippen LogP contribution in [0.2, 0.25) is 0 Å². The number of ether oxygens (including phenoxy) is 3. The third-order valence-electron chi connectivity index (χ3n) is 5.73. The number of methoxy groups -OCH3 is 1. The van der Waals surface area contributed by atoms with Crippen LogP contribution in [0.4, 0.5) is 0 Å². The SMILES string of the molecule is CCOC(=O)C(C)Cc1ccc(C(=O)N(C(C)C)[C@@H]2CCCNC2)cc1OCCCOC. The van der Waals surface area contributed by atoms with Gasteiger partial charge in [-0.2, -0.15) is 0 Å². The zero-order valence-electron chi connectivity index (χ0n) is 20.3. The molecule has 180 valence electrons.